The second kappa shape index (κ2) is 7.13. The lowest BCUT2D eigenvalue weighted by Gasteiger charge is -2.25. The number of rotatable bonds is 5. The maximum Gasteiger partial charge on any atom is 0.230 e. The Kier molecular flexibility index (Phi) is 5.74. The first-order chi connectivity index (χ1) is 9.44. The van der Waals surface area contributed by atoms with Crippen molar-refractivity contribution in [3.8, 4) is 0 Å². The molecule has 1 heterocycles. The van der Waals surface area contributed by atoms with Crippen molar-refractivity contribution in [3.05, 3.63) is 0 Å². The lowest BCUT2D eigenvalue weighted by molar-refractivity contribution is -0.118. The Balaban J connectivity index is 1.59. The molecule has 0 radical (unpaired) electrons. The first-order valence-corrected chi connectivity index (χ1v) is 10.1. The monoisotopic (exact) mass is 321 g/mol. The smallest absolute Gasteiger partial charge is 0.230 e. The van der Waals surface area contributed by atoms with E-state index in [2.05, 4.69) is 5.32 Å². The van der Waals surface area contributed by atoms with E-state index in [1.54, 1.807) is 0 Å². The fourth-order valence-electron chi connectivity index (χ4n) is 2.74. The zero-order valence-electron chi connectivity index (χ0n) is 11.6. The molecule has 1 unspecified atom stereocenters. The van der Waals surface area contributed by atoms with Gasteiger partial charge in [-0.3, -0.25) is 4.79 Å². The van der Waals surface area contributed by atoms with Gasteiger partial charge in [0.25, 0.3) is 0 Å². The van der Waals surface area contributed by atoms with Gasteiger partial charge < -0.3 is 10.4 Å². The molecule has 0 aromatic heterocycles. The average molecular weight is 321 g/mol. The van der Waals surface area contributed by atoms with E-state index < -0.39 is 9.84 Å². The van der Waals surface area contributed by atoms with Crippen LogP contribution in [0, 0.1) is 5.92 Å². The van der Waals surface area contributed by atoms with Gasteiger partial charge in [-0.15, -0.1) is 11.8 Å². The van der Waals surface area contributed by atoms with E-state index in [0.717, 1.165) is 25.7 Å². The molecule has 1 saturated heterocycles. The van der Waals surface area contributed by atoms with Crippen LogP contribution in [0.15, 0.2) is 0 Å². The van der Waals surface area contributed by atoms with Gasteiger partial charge in [-0.25, -0.2) is 8.42 Å². The number of hydrogen-bond acceptors (Lipinski definition) is 5. The summed E-state index contributed by atoms with van der Waals surface area (Å²) in [6.07, 6.45) is 4.10. The minimum absolute atomic E-state index is 0.00887. The number of thioether (sulfide) groups is 1. The first-order valence-electron chi connectivity index (χ1n) is 7.21. The van der Waals surface area contributed by atoms with Gasteiger partial charge in [0.2, 0.25) is 5.91 Å². The molecule has 1 aliphatic heterocycles. The topological polar surface area (TPSA) is 83.5 Å². The summed E-state index contributed by atoms with van der Waals surface area (Å²) >= 11 is 1.45. The summed E-state index contributed by atoms with van der Waals surface area (Å²) in [5.41, 5.74) is 0. The number of nitrogens with one attached hydrogen (secondary N) is 1. The number of amides is 1. The van der Waals surface area contributed by atoms with Gasteiger partial charge >= 0.3 is 0 Å². The summed E-state index contributed by atoms with van der Waals surface area (Å²) in [6, 6.07) is 0. The van der Waals surface area contributed by atoms with E-state index in [-0.39, 0.29) is 28.8 Å². The van der Waals surface area contributed by atoms with E-state index in [1.165, 1.54) is 11.8 Å². The molecule has 2 aliphatic rings. The summed E-state index contributed by atoms with van der Waals surface area (Å²) in [5.74, 6) is 1.28. The molecule has 2 fully saturated rings. The number of hydrogen-bond donors (Lipinski definition) is 2. The number of carbonyl (C=O) groups excluding carboxylic acids is 1. The first kappa shape index (κ1) is 16.1. The molecule has 20 heavy (non-hydrogen) atoms. The molecule has 116 valence electrons. The van der Waals surface area contributed by atoms with Gasteiger partial charge in [-0.05, 0) is 38.0 Å². The summed E-state index contributed by atoms with van der Waals surface area (Å²) < 4.78 is 22.6. The summed E-state index contributed by atoms with van der Waals surface area (Å²) in [6.45, 7) is 0.676. The molecule has 2 rings (SSSR count). The molecule has 1 amide bonds. The SMILES string of the molecule is O=C(CSC1CCS(=O)(=O)C1)NCC1CCC(O)CC1. The lowest BCUT2D eigenvalue weighted by atomic mass is 9.87. The third-order valence-corrected chi connectivity index (χ3v) is 7.33. The van der Waals surface area contributed by atoms with Crippen LogP contribution in [-0.4, -0.2) is 54.6 Å². The van der Waals surface area contributed by atoms with Crippen LogP contribution in [0.5, 0.6) is 0 Å². The van der Waals surface area contributed by atoms with Crippen LogP contribution in [0.3, 0.4) is 0 Å². The Morgan fingerprint density at radius 1 is 1.20 bits per heavy atom. The van der Waals surface area contributed by atoms with Crippen molar-refractivity contribution in [2.24, 2.45) is 5.92 Å². The second-order valence-corrected chi connectivity index (χ2v) is 9.33. The molecule has 1 aliphatic carbocycles. The number of sulfone groups is 1. The second-order valence-electron chi connectivity index (χ2n) is 5.81. The van der Waals surface area contributed by atoms with Crippen LogP contribution in [-0.2, 0) is 14.6 Å². The molecule has 2 N–H and O–H groups in total. The standard InChI is InChI=1S/C13H23NO4S2/c15-11-3-1-10(2-4-11)7-14-13(16)8-19-12-5-6-20(17,18)9-12/h10-12,15H,1-9H2,(H,14,16). The molecule has 1 saturated carbocycles. The minimum Gasteiger partial charge on any atom is -0.393 e. The highest BCUT2D eigenvalue weighted by molar-refractivity contribution is 8.02. The molecular formula is C13H23NO4S2. The summed E-state index contributed by atoms with van der Waals surface area (Å²) in [4.78, 5) is 11.7. The number of carbonyl (C=O) groups is 1. The highest BCUT2D eigenvalue weighted by Crippen LogP contribution is 2.25. The number of aliphatic hydroxyl groups is 1. The molecule has 0 bridgehead atoms. The summed E-state index contributed by atoms with van der Waals surface area (Å²) in [5, 5.41) is 12.4. The predicted molar refractivity (Wildman–Crippen MR) is 80.5 cm³/mol. The van der Waals surface area contributed by atoms with E-state index >= 15 is 0 Å². The van der Waals surface area contributed by atoms with Crippen molar-refractivity contribution in [1.82, 2.24) is 5.32 Å². The molecule has 5 nitrogen and oxygen atoms in total. The van der Waals surface area contributed by atoms with Gasteiger partial charge in [0.1, 0.15) is 0 Å². The Morgan fingerprint density at radius 2 is 1.90 bits per heavy atom. The highest BCUT2D eigenvalue weighted by Gasteiger charge is 2.28. The predicted octanol–water partition coefficient (Wildman–Crippen LogP) is 0.574. The third kappa shape index (κ3) is 5.26. The van der Waals surface area contributed by atoms with Crippen molar-refractivity contribution >= 4 is 27.5 Å². The van der Waals surface area contributed by atoms with Crippen LogP contribution in [0.4, 0.5) is 0 Å². The third-order valence-electron chi connectivity index (χ3n) is 4.04. The average Bonchev–Trinajstić information content (AvgIpc) is 2.75. The Bertz CT molecular complexity index is 430. The molecule has 0 spiro atoms. The van der Waals surface area contributed by atoms with E-state index in [0.29, 0.717) is 24.6 Å². The molecule has 0 aromatic rings. The largest absolute Gasteiger partial charge is 0.393 e. The van der Waals surface area contributed by atoms with Gasteiger partial charge in [-0.2, -0.15) is 0 Å². The Hall–Kier alpha value is -0.270. The Labute approximate surface area is 124 Å². The van der Waals surface area contributed by atoms with Gasteiger partial charge in [-0.1, -0.05) is 0 Å². The molecule has 1 atom stereocenters. The van der Waals surface area contributed by atoms with Crippen LogP contribution < -0.4 is 5.32 Å². The lowest BCUT2D eigenvalue weighted by Crippen LogP contribution is -2.33. The van der Waals surface area contributed by atoms with Crippen LogP contribution in [0.2, 0.25) is 0 Å². The maximum absolute atomic E-state index is 11.7. The maximum atomic E-state index is 11.7. The Morgan fingerprint density at radius 3 is 2.50 bits per heavy atom. The van der Waals surface area contributed by atoms with Crippen molar-refractivity contribution in [2.45, 2.75) is 43.5 Å². The van der Waals surface area contributed by atoms with Crippen molar-refractivity contribution in [2.75, 3.05) is 23.8 Å². The van der Waals surface area contributed by atoms with Crippen molar-refractivity contribution in [3.63, 3.8) is 0 Å². The van der Waals surface area contributed by atoms with Crippen LogP contribution in [0.25, 0.3) is 0 Å². The van der Waals surface area contributed by atoms with E-state index in [4.69, 9.17) is 0 Å². The van der Waals surface area contributed by atoms with E-state index in [1.807, 2.05) is 0 Å². The van der Waals surface area contributed by atoms with Gasteiger partial charge in [0.15, 0.2) is 9.84 Å². The van der Waals surface area contributed by atoms with Crippen molar-refractivity contribution in [1.29, 1.82) is 0 Å². The van der Waals surface area contributed by atoms with Gasteiger partial charge in [0.05, 0.1) is 23.4 Å². The highest BCUT2D eigenvalue weighted by atomic mass is 32.2. The quantitative estimate of drug-likeness (QED) is 0.774. The minimum atomic E-state index is -2.85. The van der Waals surface area contributed by atoms with Crippen LogP contribution in [0.1, 0.15) is 32.1 Å². The van der Waals surface area contributed by atoms with Gasteiger partial charge in [0, 0.05) is 11.8 Å². The molecular weight excluding hydrogens is 298 g/mol. The fourth-order valence-corrected chi connectivity index (χ4v) is 6.22. The zero-order valence-corrected chi connectivity index (χ0v) is 13.2. The molecule has 0 aromatic carbocycles. The van der Waals surface area contributed by atoms with Crippen molar-refractivity contribution < 1.29 is 18.3 Å². The van der Waals surface area contributed by atoms with E-state index in [9.17, 15) is 18.3 Å². The van der Waals surface area contributed by atoms with Crippen LogP contribution >= 0.6 is 11.8 Å². The summed E-state index contributed by atoms with van der Waals surface area (Å²) in [7, 11) is -2.85. The molecule has 7 heteroatoms. The normalized spacial score (nSPS) is 33.0. The number of aliphatic hydroxyl groups excluding tert-OH is 1. The zero-order chi connectivity index (χ0) is 14.6. The fraction of sp³-hybridized carbons (Fsp3) is 0.923.